The number of likely N-dealkylation sites (N-methyl/N-ethyl adjacent to an activating group) is 1. The van der Waals surface area contributed by atoms with Crippen molar-refractivity contribution in [3.63, 3.8) is 0 Å². The highest BCUT2D eigenvalue weighted by Crippen LogP contribution is 2.41. The van der Waals surface area contributed by atoms with E-state index < -0.39 is 34.9 Å². The summed E-state index contributed by atoms with van der Waals surface area (Å²) in [4.78, 5) is 61.3. The number of nitrogens with one attached hydrogen (secondary N) is 2. The van der Waals surface area contributed by atoms with E-state index in [4.69, 9.17) is 14.2 Å². The monoisotopic (exact) mass is 836 g/mol. The fraction of sp³-hybridized carbons (Fsp3) is 0.511. The number of phenolic OH excluding ortho intramolecular Hbond substituents is 1. The van der Waals surface area contributed by atoms with Crippen molar-refractivity contribution in [1.82, 2.24) is 30.2 Å². The number of rotatable bonds is 10. The Bertz CT molecular complexity index is 2280. The molecular weight excluding hydrogens is 777 g/mol. The molecule has 3 N–H and O–H groups in total. The van der Waals surface area contributed by atoms with Crippen LogP contribution in [0.15, 0.2) is 54.9 Å². The van der Waals surface area contributed by atoms with E-state index >= 15 is 0 Å². The molecule has 3 atom stereocenters. The van der Waals surface area contributed by atoms with Crippen molar-refractivity contribution < 1.29 is 38.5 Å². The van der Waals surface area contributed by atoms with Crippen LogP contribution in [-0.4, -0.2) is 113 Å². The summed E-state index contributed by atoms with van der Waals surface area (Å²) in [5.74, 6) is -1.71. The lowest BCUT2D eigenvalue weighted by Crippen LogP contribution is -2.66. The fourth-order valence-electron chi connectivity index (χ4n) is 9.27. The van der Waals surface area contributed by atoms with Crippen molar-refractivity contribution in [2.24, 2.45) is 17.3 Å². The first-order valence-corrected chi connectivity index (χ1v) is 21.4. The lowest BCUT2D eigenvalue weighted by atomic mass is 9.84. The SMILES string of the molecule is CCn1c(-c2cnccc2COC)c2c3cc(ccc31)-c1cc(O)cc(c1)C[C@H](NC(=O)[C@H](C(C)C)N(C)C(=O)C1COC1)C(=O)N1CCC[C@](C=O)(COCC(C)(C)C2)N1. The number of pyridine rings is 1. The number of methoxy groups -OCH3 is 1. The molecule has 4 aromatic rings. The smallest absolute Gasteiger partial charge is 0.259 e. The maximum atomic E-state index is 14.7. The summed E-state index contributed by atoms with van der Waals surface area (Å²) in [6.45, 7) is 12.5. The zero-order chi connectivity index (χ0) is 43.6. The van der Waals surface area contributed by atoms with Gasteiger partial charge in [-0.3, -0.25) is 24.4 Å². The van der Waals surface area contributed by atoms with Gasteiger partial charge >= 0.3 is 0 Å². The average Bonchev–Trinajstić information content (AvgIpc) is 3.50. The van der Waals surface area contributed by atoms with Crippen LogP contribution in [0.25, 0.3) is 33.3 Å². The molecule has 0 spiro atoms. The number of aromatic hydroxyl groups is 1. The van der Waals surface area contributed by atoms with Gasteiger partial charge in [-0.25, -0.2) is 5.43 Å². The van der Waals surface area contributed by atoms with Crippen LogP contribution in [0, 0.1) is 17.3 Å². The number of nitrogens with zero attached hydrogens (tertiary/aromatic N) is 4. The minimum atomic E-state index is -1.19. The van der Waals surface area contributed by atoms with Crippen molar-refractivity contribution in [3.8, 4) is 28.1 Å². The van der Waals surface area contributed by atoms with Gasteiger partial charge in [0.25, 0.3) is 5.91 Å². The molecule has 0 radical (unpaired) electrons. The maximum Gasteiger partial charge on any atom is 0.259 e. The van der Waals surface area contributed by atoms with Gasteiger partial charge in [0.1, 0.15) is 29.7 Å². The minimum Gasteiger partial charge on any atom is -0.508 e. The van der Waals surface area contributed by atoms with E-state index in [2.05, 4.69) is 53.2 Å². The highest BCUT2D eigenvalue weighted by molar-refractivity contribution is 5.96. The quantitative estimate of drug-likeness (QED) is 0.184. The second kappa shape index (κ2) is 18.1. The third-order valence-corrected chi connectivity index (χ3v) is 12.3. The van der Waals surface area contributed by atoms with Crippen molar-refractivity contribution in [2.45, 2.75) is 91.1 Å². The van der Waals surface area contributed by atoms with Gasteiger partial charge in [0.15, 0.2) is 0 Å². The predicted octanol–water partition coefficient (Wildman–Crippen LogP) is 5.06. The molecule has 0 aliphatic carbocycles. The molecule has 0 saturated carbocycles. The Hall–Kier alpha value is -5.15. The third kappa shape index (κ3) is 9.09. The van der Waals surface area contributed by atoms with Gasteiger partial charge in [0.2, 0.25) is 11.8 Å². The second-order valence-corrected chi connectivity index (χ2v) is 18.1. The van der Waals surface area contributed by atoms with Crippen molar-refractivity contribution in [3.05, 3.63) is 71.5 Å². The molecule has 6 bridgehead atoms. The van der Waals surface area contributed by atoms with Crippen molar-refractivity contribution in [2.75, 3.05) is 47.1 Å². The van der Waals surface area contributed by atoms with E-state index in [0.717, 1.165) is 50.7 Å². The lowest BCUT2D eigenvalue weighted by molar-refractivity contribution is -0.155. The Morgan fingerprint density at radius 3 is 2.59 bits per heavy atom. The standard InChI is InChI=1S/C47H60N6O8/c1-8-52-40-11-10-31-20-36(40)37(42(52)38-22-48-14-12-32(38)23-59-7)21-46(4,5)27-61-28-47(26-54)13-9-15-53(50-47)45(58)39(18-30-16-33(31)19-35(55)17-30)49-43(56)41(29(2)3)51(6)44(57)34-24-60-25-34/h10-12,14,16-17,19-20,22,26,29,34,39,41,50,55H,8-9,13,15,18,21,23-25,27-28H2,1-7H3,(H,49,56)/t39-,41-,47-/m0/s1. The van der Waals surface area contributed by atoms with E-state index in [-0.39, 0.29) is 36.5 Å². The van der Waals surface area contributed by atoms with Gasteiger partial charge in [-0.05, 0) is 95.7 Å². The molecule has 14 nitrogen and oxygen atoms in total. The van der Waals surface area contributed by atoms with Crippen LogP contribution in [0.2, 0.25) is 0 Å². The molecule has 5 heterocycles. The lowest BCUT2D eigenvalue weighted by Gasteiger charge is -2.42. The number of aromatic nitrogens is 2. The minimum absolute atomic E-state index is 0.00795. The molecule has 3 aliphatic rings. The number of phenols is 1. The summed E-state index contributed by atoms with van der Waals surface area (Å²) in [5.41, 5.74) is 9.03. The van der Waals surface area contributed by atoms with Gasteiger partial charge in [0, 0.05) is 62.5 Å². The summed E-state index contributed by atoms with van der Waals surface area (Å²) >= 11 is 0. The predicted molar refractivity (Wildman–Crippen MR) is 231 cm³/mol. The molecule has 61 heavy (non-hydrogen) atoms. The number of aldehydes is 1. The van der Waals surface area contributed by atoms with E-state index in [1.54, 1.807) is 32.5 Å². The number of aryl methyl sites for hydroxylation is 1. The number of carbonyl (C=O) groups is 4. The normalized spacial score (nSPS) is 21.4. The first-order chi connectivity index (χ1) is 29.2. The average molecular weight is 837 g/mol. The van der Waals surface area contributed by atoms with E-state index in [1.807, 2.05) is 38.2 Å². The van der Waals surface area contributed by atoms with Gasteiger partial charge < -0.3 is 38.9 Å². The van der Waals surface area contributed by atoms with E-state index in [0.29, 0.717) is 64.3 Å². The largest absolute Gasteiger partial charge is 0.508 e. The molecule has 3 amide bonds. The van der Waals surface area contributed by atoms with Crippen LogP contribution in [0.3, 0.4) is 0 Å². The molecule has 2 fully saturated rings. The van der Waals surface area contributed by atoms with Crippen LogP contribution in [0.4, 0.5) is 0 Å². The number of hydrogen-bond acceptors (Lipinski definition) is 10. The first kappa shape index (κ1) is 43.9. The number of carbonyl (C=O) groups excluding carboxylic acids is 4. The van der Waals surface area contributed by atoms with Crippen LogP contribution in [0.1, 0.15) is 64.2 Å². The van der Waals surface area contributed by atoms with E-state index in [1.165, 1.54) is 9.91 Å². The Morgan fingerprint density at radius 2 is 1.90 bits per heavy atom. The summed E-state index contributed by atoms with van der Waals surface area (Å²) in [7, 11) is 3.30. The molecule has 0 unspecified atom stereocenters. The number of amides is 3. The third-order valence-electron chi connectivity index (χ3n) is 12.3. The highest BCUT2D eigenvalue weighted by atomic mass is 16.5. The van der Waals surface area contributed by atoms with Gasteiger partial charge in [-0.1, -0.05) is 39.8 Å². The van der Waals surface area contributed by atoms with Gasteiger partial charge in [-0.15, -0.1) is 0 Å². The summed E-state index contributed by atoms with van der Waals surface area (Å²) in [6, 6.07) is 11.6. The number of benzene rings is 2. The second-order valence-electron chi connectivity index (χ2n) is 18.1. The van der Waals surface area contributed by atoms with Crippen LogP contribution >= 0.6 is 0 Å². The maximum absolute atomic E-state index is 14.7. The molecule has 14 heteroatoms. The number of hydrazine groups is 1. The van der Waals surface area contributed by atoms with Crippen LogP contribution in [0.5, 0.6) is 5.75 Å². The zero-order valence-electron chi connectivity index (χ0n) is 36.5. The zero-order valence-corrected chi connectivity index (χ0v) is 36.5. The number of ether oxygens (including phenoxy) is 3. The highest BCUT2D eigenvalue weighted by Gasteiger charge is 2.42. The molecular formula is C47H60N6O8. The molecule has 2 aromatic heterocycles. The molecule has 2 aromatic carbocycles. The number of fused-ring (bicyclic) bond motifs is 6. The molecule has 326 valence electrons. The fourth-order valence-corrected chi connectivity index (χ4v) is 9.27. The van der Waals surface area contributed by atoms with Crippen molar-refractivity contribution >= 4 is 34.9 Å². The van der Waals surface area contributed by atoms with Crippen LogP contribution < -0.4 is 10.7 Å². The molecule has 2 saturated heterocycles. The summed E-state index contributed by atoms with van der Waals surface area (Å²) in [5, 5.41) is 16.7. The Labute approximate surface area is 357 Å². The Kier molecular flexibility index (Phi) is 13.0. The molecule has 3 aliphatic heterocycles. The van der Waals surface area contributed by atoms with Crippen molar-refractivity contribution in [1.29, 1.82) is 0 Å². The topological polar surface area (TPSA) is 165 Å². The van der Waals surface area contributed by atoms with E-state index in [9.17, 15) is 24.3 Å². The summed E-state index contributed by atoms with van der Waals surface area (Å²) < 4.78 is 19.7. The summed E-state index contributed by atoms with van der Waals surface area (Å²) in [6.07, 6.45) is 6.11. The number of hydrogen-bond donors (Lipinski definition) is 3. The first-order valence-electron chi connectivity index (χ1n) is 21.4. The molecule has 7 rings (SSSR count). The van der Waals surface area contributed by atoms with Crippen LogP contribution in [-0.2, 0) is 59.4 Å². The van der Waals surface area contributed by atoms with Gasteiger partial charge in [0.05, 0.1) is 44.6 Å². The van der Waals surface area contributed by atoms with Gasteiger partial charge in [-0.2, -0.15) is 0 Å². The Morgan fingerprint density at radius 1 is 1.11 bits per heavy atom. The Balaban J connectivity index is 1.35.